The van der Waals surface area contributed by atoms with Crippen LogP contribution in [0.3, 0.4) is 0 Å². The number of unbranched alkanes of at least 4 members (excludes halogenated alkanes) is 1. The summed E-state index contributed by atoms with van der Waals surface area (Å²) < 4.78 is 29.5. The van der Waals surface area contributed by atoms with E-state index in [9.17, 15) is 8.78 Å². The Morgan fingerprint density at radius 1 is 1.03 bits per heavy atom. The maximum Gasteiger partial charge on any atom is 0.149 e. The first-order valence-corrected chi connectivity index (χ1v) is 10.1. The van der Waals surface area contributed by atoms with Gasteiger partial charge in [-0.25, -0.2) is 13.5 Å². The topological polar surface area (TPSA) is 43.8 Å². The van der Waals surface area contributed by atoms with E-state index in [0.717, 1.165) is 54.6 Å². The molecule has 1 heterocycles. The smallest absolute Gasteiger partial charge is 0.149 e. The van der Waals surface area contributed by atoms with Gasteiger partial charge in [0, 0.05) is 18.7 Å². The molecule has 0 aliphatic carbocycles. The van der Waals surface area contributed by atoms with Gasteiger partial charge in [0.05, 0.1) is 5.69 Å². The number of benzene rings is 2. The molecule has 0 atom stereocenters. The highest BCUT2D eigenvalue weighted by atomic mass is 19.1. The summed E-state index contributed by atoms with van der Waals surface area (Å²) >= 11 is 0. The highest BCUT2D eigenvalue weighted by Crippen LogP contribution is 2.30. The van der Waals surface area contributed by atoms with Gasteiger partial charge >= 0.3 is 0 Å². The van der Waals surface area contributed by atoms with E-state index in [1.807, 2.05) is 24.4 Å². The van der Waals surface area contributed by atoms with Gasteiger partial charge in [-0.05, 0) is 54.5 Å². The number of halogens is 2. The van der Waals surface area contributed by atoms with Crippen molar-refractivity contribution >= 4 is 0 Å². The van der Waals surface area contributed by atoms with Crippen molar-refractivity contribution in [3.63, 3.8) is 0 Å². The van der Waals surface area contributed by atoms with Crippen LogP contribution >= 0.6 is 0 Å². The van der Waals surface area contributed by atoms with Gasteiger partial charge in [-0.15, -0.1) is 0 Å². The number of nitrogens with two attached hydrogens (primary N) is 1. The minimum Gasteiger partial charge on any atom is -0.330 e. The second-order valence-corrected chi connectivity index (χ2v) is 8.39. The lowest BCUT2D eigenvalue weighted by atomic mass is 9.81. The number of hydrogen-bond acceptors (Lipinski definition) is 2. The van der Waals surface area contributed by atoms with Crippen LogP contribution in [-0.4, -0.2) is 16.3 Å². The summed E-state index contributed by atoms with van der Waals surface area (Å²) in [6.45, 7) is 5.14. The molecular formula is C24H29F2N3. The number of hydrogen-bond donors (Lipinski definition) is 1. The third kappa shape index (κ3) is 5.73. The zero-order chi connectivity index (χ0) is 20.9. The maximum absolute atomic E-state index is 14.3. The van der Waals surface area contributed by atoms with E-state index in [4.69, 9.17) is 5.73 Å². The lowest BCUT2D eigenvalue weighted by Gasteiger charge is -2.24. The van der Waals surface area contributed by atoms with Gasteiger partial charge in [-0.3, -0.25) is 0 Å². The predicted octanol–water partition coefficient (Wildman–Crippen LogP) is 5.44. The molecule has 0 fully saturated rings. The summed E-state index contributed by atoms with van der Waals surface area (Å²) in [5.74, 6) is -0.973. The van der Waals surface area contributed by atoms with Crippen LogP contribution in [0.5, 0.6) is 0 Å². The Balaban J connectivity index is 1.94. The third-order valence-electron chi connectivity index (χ3n) is 5.22. The van der Waals surface area contributed by atoms with Crippen molar-refractivity contribution in [1.29, 1.82) is 0 Å². The van der Waals surface area contributed by atoms with E-state index in [-0.39, 0.29) is 11.1 Å². The minimum absolute atomic E-state index is 0.0419. The fourth-order valence-electron chi connectivity index (χ4n) is 3.63. The second kappa shape index (κ2) is 9.31. The van der Waals surface area contributed by atoms with E-state index in [0.29, 0.717) is 13.0 Å². The van der Waals surface area contributed by atoms with Gasteiger partial charge < -0.3 is 5.73 Å². The molecule has 2 aromatic carbocycles. The normalized spacial score (nSPS) is 11.8. The molecule has 0 saturated heterocycles. The van der Waals surface area contributed by atoms with Crippen LogP contribution in [0.15, 0.2) is 54.7 Å². The van der Waals surface area contributed by atoms with Crippen LogP contribution in [0.4, 0.5) is 8.78 Å². The zero-order valence-corrected chi connectivity index (χ0v) is 17.2. The molecular weight excluding hydrogens is 368 g/mol. The Labute approximate surface area is 171 Å². The summed E-state index contributed by atoms with van der Waals surface area (Å²) in [6.07, 6.45) is 6.40. The standard InChI is InChI=1S/C24H29F2N3/c1-24(2,12-6-7-13-27)16-22-19(14-18-8-4-3-5-9-18)17-29(28-22)23-15-20(25)10-11-21(23)26/h3-5,8-11,15,17H,6-7,12-14,16,27H2,1-2H3. The van der Waals surface area contributed by atoms with Gasteiger partial charge in [0.2, 0.25) is 0 Å². The first kappa shape index (κ1) is 21.2. The molecule has 3 nitrogen and oxygen atoms in total. The molecule has 2 N–H and O–H groups in total. The number of rotatable bonds is 9. The summed E-state index contributed by atoms with van der Waals surface area (Å²) in [5.41, 5.74) is 8.93. The van der Waals surface area contributed by atoms with Crippen LogP contribution in [0.1, 0.15) is 49.9 Å². The summed E-state index contributed by atoms with van der Waals surface area (Å²) in [7, 11) is 0. The summed E-state index contributed by atoms with van der Waals surface area (Å²) in [6, 6.07) is 13.6. The number of aromatic nitrogens is 2. The molecule has 0 radical (unpaired) electrons. The fourth-order valence-corrected chi connectivity index (χ4v) is 3.63. The van der Waals surface area contributed by atoms with Gasteiger partial charge in [0.25, 0.3) is 0 Å². The quantitative estimate of drug-likeness (QED) is 0.489. The van der Waals surface area contributed by atoms with Crippen molar-refractivity contribution in [3.05, 3.63) is 83.2 Å². The van der Waals surface area contributed by atoms with E-state index >= 15 is 0 Å². The second-order valence-electron chi connectivity index (χ2n) is 8.39. The number of nitrogens with zero attached hydrogens (tertiary/aromatic N) is 2. The Bertz CT molecular complexity index is 933. The molecule has 0 aliphatic rings. The largest absolute Gasteiger partial charge is 0.330 e. The molecule has 3 aromatic rings. The SMILES string of the molecule is CC(C)(CCCCN)Cc1nn(-c2cc(F)ccc2F)cc1Cc1ccccc1. The molecule has 29 heavy (non-hydrogen) atoms. The Kier molecular flexibility index (Phi) is 6.80. The fraction of sp³-hybridized carbons (Fsp3) is 0.375. The predicted molar refractivity (Wildman–Crippen MR) is 113 cm³/mol. The maximum atomic E-state index is 14.3. The molecule has 0 aliphatic heterocycles. The highest BCUT2D eigenvalue weighted by molar-refractivity contribution is 5.37. The lowest BCUT2D eigenvalue weighted by molar-refractivity contribution is 0.315. The van der Waals surface area contributed by atoms with Gasteiger partial charge in [-0.1, -0.05) is 50.6 Å². The summed E-state index contributed by atoms with van der Waals surface area (Å²) in [4.78, 5) is 0. The van der Waals surface area contributed by atoms with Gasteiger partial charge in [0.1, 0.15) is 17.3 Å². The molecule has 0 bridgehead atoms. The van der Waals surface area contributed by atoms with Crippen LogP contribution in [0.2, 0.25) is 0 Å². The average molecular weight is 398 g/mol. The van der Waals surface area contributed by atoms with Crippen molar-refractivity contribution in [3.8, 4) is 5.69 Å². The molecule has 154 valence electrons. The van der Waals surface area contributed by atoms with Crippen molar-refractivity contribution in [2.45, 2.75) is 46.0 Å². The molecule has 0 unspecified atom stereocenters. The van der Waals surface area contributed by atoms with Crippen molar-refractivity contribution in [2.75, 3.05) is 6.54 Å². The Morgan fingerprint density at radius 3 is 2.52 bits per heavy atom. The first-order valence-electron chi connectivity index (χ1n) is 10.1. The Morgan fingerprint density at radius 2 is 1.79 bits per heavy atom. The van der Waals surface area contributed by atoms with E-state index in [1.165, 1.54) is 10.7 Å². The lowest BCUT2D eigenvalue weighted by Crippen LogP contribution is -2.17. The van der Waals surface area contributed by atoms with Crippen LogP contribution in [-0.2, 0) is 12.8 Å². The molecule has 0 amide bonds. The van der Waals surface area contributed by atoms with Crippen molar-refractivity contribution in [2.24, 2.45) is 11.1 Å². The van der Waals surface area contributed by atoms with Crippen LogP contribution in [0.25, 0.3) is 5.69 Å². The molecule has 1 aromatic heterocycles. The average Bonchev–Trinajstić information content (AvgIpc) is 3.06. The van der Waals surface area contributed by atoms with Crippen molar-refractivity contribution < 1.29 is 8.78 Å². The van der Waals surface area contributed by atoms with Gasteiger partial charge in [-0.2, -0.15) is 5.10 Å². The molecule has 5 heteroatoms. The highest BCUT2D eigenvalue weighted by Gasteiger charge is 2.23. The van der Waals surface area contributed by atoms with Gasteiger partial charge in [0.15, 0.2) is 0 Å². The molecule has 3 rings (SSSR count). The first-order chi connectivity index (χ1) is 13.9. The monoisotopic (exact) mass is 397 g/mol. The Hall–Kier alpha value is -2.53. The van der Waals surface area contributed by atoms with Crippen molar-refractivity contribution in [1.82, 2.24) is 9.78 Å². The zero-order valence-electron chi connectivity index (χ0n) is 17.2. The summed E-state index contributed by atoms with van der Waals surface area (Å²) in [5, 5.41) is 4.68. The third-order valence-corrected chi connectivity index (χ3v) is 5.22. The van der Waals surface area contributed by atoms with E-state index < -0.39 is 11.6 Å². The van der Waals surface area contributed by atoms with Crippen LogP contribution < -0.4 is 5.73 Å². The molecule has 0 saturated carbocycles. The van der Waals surface area contributed by atoms with E-state index in [1.54, 1.807) is 0 Å². The molecule has 0 spiro atoms. The van der Waals surface area contributed by atoms with E-state index in [2.05, 4.69) is 31.1 Å². The van der Waals surface area contributed by atoms with Crippen LogP contribution in [0, 0.1) is 17.0 Å². The minimum atomic E-state index is -0.492.